The molecular formula is C19H26O2. The molecule has 1 aliphatic carbocycles. The lowest BCUT2D eigenvalue weighted by atomic mass is 9.66. The molecule has 1 heterocycles. The van der Waals surface area contributed by atoms with Gasteiger partial charge in [-0.3, -0.25) is 0 Å². The average Bonchev–Trinajstić information content (AvgIpc) is 2.84. The van der Waals surface area contributed by atoms with Crippen molar-refractivity contribution in [3.8, 4) is 0 Å². The molecule has 0 radical (unpaired) electrons. The first kappa shape index (κ1) is 14.6. The van der Waals surface area contributed by atoms with Crippen LogP contribution < -0.4 is 0 Å². The first-order valence-electron chi connectivity index (χ1n) is 8.14. The molecule has 1 saturated carbocycles. The molecule has 2 nitrogen and oxygen atoms in total. The molecule has 1 aliphatic rings. The van der Waals surface area contributed by atoms with E-state index in [1.165, 1.54) is 6.42 Å². The normalized spacial score (nSPS) is 30.2. The predicted octanol–water partition coefficient (Wildman–Crippen LogP) is 5.02. The fraction of sp³-hybridized carbons (Fsp3) is 0.579. The van der Waals surface area contributed by atoms with Crippen molar-refractivity contribution in [1.82, 2.24) is 0 Å². The Balaban J connectivity index is 2.10. The van der Waals surface area contributed by atoms with Crippen LogP contribution in [0.2, 0.25) is 0 Å². The standard InChI is InChI=1S/C19H26O2/c1-12(2)16-9-8-13(3)11-19(16,20)17-10-15-7-5-6-14(4)18(15)21-17/h5-7,10,12-13,16,20H,8-9,11H2,1-4H3. The van der Waals surface area contributed by atoms with Crippen molar-refractivity contribution < 1.29 is 9.52 Å². The summed E-state index contributed by atoms with van der Waals surface area (Å²) in [6, 6.07) is 8.22. The second-order valence-electron chi connectivity index (χ2n) is 7.27. The van der Waals surface area contributed by atoms with Crippen LogP contribution in [0, 0.1) is 24.7 Å². The van der Waals surface area contributed by atoms with Gasteiger partial charge < -0.3 is 9.52 Å². The van der Waals surface area contributed by atoms with E-state index in [1.807, 2.05) is 6.07 Å². The monoisotopic (exact) mass is 286 g/mol. The average molecular weight is 286 g/mol. The molecule has 0 saturated heterocycles. The first-order valence-corrected chi connectivity index (χ1v) is 8.14. The van der Waals surface area contributed by atoms with Crippen LogP contribution in [0.25, 0.3) is 11.0 Å². The first-order chi connectivity index (χ1) is 9.91. The Morgan fingerprint density at radius 3 is 2.71 bits per heavy atom. The molecule has 0 bridgehead atoms. The third-order valence-corrected chi connectivity index (χ3v) is 5.22. The van der Waals surface area contributed by atoms with Crippen LogP contribution in [0.15, 0.2) is 28.7 Å². The largest absolute Gasteiger partial charge is 0.458 e. The maximum absolute atomic E-state index is 11.4. The number of rotatable bonds is 2. The molecule has 3 rings (SSSR count). The van der Waals surface area contributed by atoms with Gasteiger partial charge in [-0.15, -0.1) is 0 Å². The highest BCUT2D eigenvalue weighted by Crippen LogP contribution is 2.48. The van der Waals surface area contributed by atoms with Crippen molar-refractivity contribution in [3.63, 3.8) is 0 Å². The van der Waals surface area contributed by atoms with Gasteiger partial charge in [0.25, 0.3) is 0 Å². The maximum Gasteiger partial charge on any atom is 0.137 e. The Morgan fingerprint density at radius 2 is 2.05 bits per heavy atom. The van der Waals surface area contributed by atoms with E-state index in [-0.39, 0.29) is 5.92 Å². The predicted molar refractivity (Wildman–Crippen MR) is 86.2 cm³/mol. The van der Waals surface area contributed by atoms with Crippen molar-refractivity contribution in [3.05, 3.63) is 35.6 Å². The quantitative estimate of drug-likeness (QED) is 0.840. The third kappa shape index (κ3) is 2.40. The number of hydrogen-bond donors (Lipinski definition) is 1. The van der Waals surface area contributed by atoms with Gasteiger partial charge in [0.1, 0.15) is 16.9 Å². The smallest absolute Gasteiger partial charge is 0.137 e. The van der Waals surface area contributed by atoms with E-state index in [4.69, 9.17) is 4.42 Å². The summed E-state index contributed by atoms with van der Waals surface area (Å²) >= 11 is 0. The summed E-state index contributed by atoms with van der Waals surface area (Å²) in [6.45, 7) is 8.71. The Kier molecular flexibility index (Phi) is 3.61. The lowest BCUT2D eigenvalue weighted by molar-refractivity contribution is -0.0998. The number of fused-ring (bicyclic) bond motifs is 1. The highest BCUT2D eigenvalue weighted by atomic mass is 16.4. The number of hydrogen-bond acceptors (Lipinski definition) is 2. The van der Waals surface area contributed by atoms with Gasteiger partial charge in [0.2, 0.25) is 0 Å². The van der Waals surface area contributed by atoms with E-state index < -0.39 is 5.60 Å². The van der Waals surface area contributed by atoms with E-state index in [9.17, 15) is 5.11 Å². The highest BCUT2D eigenvalue weighted by molar-refractivity contribution is 5.81. The Morgan fingerprint density at radius 1 is 1.29 bits per heavy atom. The zero-order chi connectivity index (χ0) is 15.2. The minimum atomic E-state index is -0.822. The fourth-order valence-electron chi connectivity index (χ4n) is 4.08. The van der Waals surface area contributed by atoms with Crippen molar-refractivity contribution in [1.29, 1.82) is 0 Å². The Labute approximate surface area is 127 Å². The van der Waals surface area contributed by atoms with E-state index in [1.54, 1.807) is 0 Å². The fourth-order valence-corrected chi connectivity index (χ4v) is 4.08. The molecule has 21 heavy (non-hydrogen) atoms. The molecule has 114 valence electrons. The molecule has 1 aromatic heterocycles. The molecule has 3 atom stereocenters. The topological polar surface area (TPSA) is 33.4 Å². The minimum Gasteiger partial charge on any atom is -0.458 e. The van der Waals surface area contributed by atoms with Gasteiger partial charge in [-0.1, -0.05) is 45.4 Å². The summed E-state index contributed by atoms with van der Waals surface area (Å²) in [7, 11) is 0. The van der Waals surface area contributed by atoms with Crippen LogP contribution in [0.4, 0.5) is 0 Å². The molecule has 0 spiro atoms. The molecule has 1 N–H and O–H groups in total. The molecule has 2 heteroatoms. The van der Waals surface area contributed by atoms with Gasteiger partial charge in [-0.25, -0.2) is 0 Å². The molecule has 2 aromatic rings. The summed E-state index contributed by atoms with van der Waals surface area (Å²) in [5.74, 6) is 2.03. The number of para-hydroxylation sites is 1. The molecule has 1 aromatic carbocycles. The zero-order valence-electron chi connectivity index (χ0n) is 13.5. The molecular weight excluding hydrogens is 260 g/mol. The van der Waals surface area contributed by atoms with Crippen molar-refractivity contribution in [2.24, 2.45) is 17.8 Å². The SMILES string of the molecule is Cc1cccc2cc(C3(O)CC(C)CCC3C(C)C)oc12. The van der Waals surface area contributed by atoms with E-state index in [2.05, 4.69) is 45.9 Å². The van der Waals surface area contributed by atoms with Crippen molar-refractivity contribution in [2.75, 3.05) is 0 Å². The zero-order valence-corrected chi connectivity index (χ0v) is 13.5. The summed E-state index contributed by atoms with van der Waals surface area (Å²) in [5, 5.41) is 12.5. The minimum absolute atomic E-state index is 0.273. The van der Waals surface area contributed by atoms with Gasteiger partial charge in [0.05, 0.1) is 0 Å². The van der Waals surface area contributed by atoms with Crippen LogP contribution in [-0.4, -0.2) is 5.11 Å². The van der Waals surface area contributed by atoms with E-state index >= 15 is 0 Å². The lowest BCUT2D eigenvalue weighted by Crippen LogP contribution is -2.42. The van der Waals surface area contributed by atoms with Crippen LogP contribution in [-0.2, 0) is 5.60 Å². The Bertz CT molecular complexity index is 640. The van der Waals surface area contributed by atoms with Crippen molar-refractivity contribution in [2.45, 2.75) is 52.6 Å². The second-order valence-corrected chi connectivity index (χ2v) is 7.27. The lowest BCUT2D eigenvalue weighted by Gasteiger charge is -2.43. The molecule has 3 unspecified atom stereocenters. The summed E-state index contributed by atoms with van der Waals surface area (Å²) in [4.78, 5) is 0. The third-order valence-electron chi connectivity index (χ3n) is 5.22. The van der Waals surface area contributed by atoms with Gasteiger partial charge in [-0.2, -0.15) is 0 Å². The second kappa shape index (κ2) is 5.17. The van der Waals surface area contributed by atoms with Crippen molar-refractivity contribution >= 4 is 11.0 Å². The van der Waals surface area contributed by atoms with Crippen LogP contribution in [0.5, 0.6) is 0 Å². The molecule has 0 amide bonds. The molecule has 1 fully saturated rings. The van der Waals surface area contributed by atoms with E-state index in [0.29, 0.717) is 11.8 Å². The summed E-state index contributed by atoms with van der Waals surface area (Å²) in [5.41, 5.74) is 1.23. The van der Waals surface area contributed by atoms with Crippen LogP contribution in [0.3, 0.4) is 0 Å². The van der Waals surface area contributed by atoms with Gasteiger partial charge in [-0.05, 0) is 49.1 Å². The molecule has 0 aliphatic heterocycles. The van der Waals surface area contributed by atoms with Crippen LogP contribution in [0.1, 0.15) is 51.4 Å². The Hall–Kier alpha value is -1.28. The van der Waals surface area contributed by atoms with Gasteiger partial charge in [0, 0.05) is 5.39 Å². The van der Waals surface area contributed by atoms with Crippen LogP contribution >= 0.6 is 0 Å². The highest BCUT2D eigenvalue weighted by Gasteiger charge is 2.46. The number of furan rings is 1. The van der Waals surface area contributed by atoms with E-state index in [0.717, 1.165) is 35.1 Å². The number of aryl methyl sites for hydroxylation is 1. The number of aliphatic hydroxyl groups is 1. The maximum atomic E-state index is 11.4. The number of benzene rings is 1. The summed E-state index contributed by atoms with van der Waals surface area (Å²) in [6.07, 6.45) is 3.07. The summed E-state index contributed by atoms with van der Waals surface area (Å²) < 4.78 is 6.12. The van der Waals surface area contributed by atoms with Gasteiger partial charge in [0.15, 0.2) is 0 Å². The van der Waals surface area contributed by atoms with Gasteiger partial charge >= 0.3 is 0 Å².